The van der Waals surface area contributed by atoms with E-state index in [2.05, 4.69) is 61.2 Å². The topological polar surface area (TPSA) is 60.9 Å². The predicted octanol–water partition coefficient (Wildman–Crippen LogP) is 4.89. The van der Waals surface area contributed by atoms with Crippen molar-refractivity contribution >= 4 is 10.0 Å². The molecule has 6 heteroatoms. The average Bonchev–Trinajstić information content (AvgIpc) is 2.85. The number of nitrogens with zero attached hydrogens (tertiary/aromatic N) is 2. The van der Waals surface area contributed by atoms with Crippen LogP contribution in [0.25, 0.3) is 11.1 Å². The second-order valence-electron chi connectivity index (χ2n) is 10.4. The van der Waals surface area contributed by atoms with E-state index in [0.717, 1.165) is 30.5 Å². The van der Waals surface area contributed by atoms with Gasteiger partial charge in [0.2, 0.25) is 10.0 Å². The van der Waals surface area contributed by atoms with E-state index in [1.807, 2.05) is 19.1 Å². The van der Waals surface area contributed by atoms with Gasteiger partial charge in [0.25, 0.3) is 0 Å². The zero-order valence-corrected chi connectivity index (χ0v) is 22.2. The Morgan fingerprint density at radius 3 is 2.33 bits per heavy atom. The normalized spacial score (nSPS) is 23.4. The average molecular weight is 505 g/mol. The highest BCUT2D eigenvalue weighted by Gasteiger charge is 2.50. The molecule has 1 unspecified atom stereocenters. The molecule has 2 aliphatic rings. The van der Waals surface area contributed by atoms with Crippen molar-refractivity contribution in [3.8, 4) is 11.1 Å². The molecule has 5 rings (SSSR count). The van der Waals surface area contributed by atoms with E-state index in [4.69, 9.17) is 0 Å². The van der Waals surface area contributed by atoms with Crippen LogP contribution in [0.5, 0.6) is 0 Å². The van der Waals surface area contributed by atoms with Crippen molar-refractivity contribution in [1.29, 1.82) is 0 Å². The molecule has 0 saturated carbocycles. The first kappa shape index (κ1) is 25.2. The lowest BCUT2D eigenvalue weighted by atomic mass is 9.74. The van der Waals surface area contributed by atoms with Crippen LogP contribution >= 0.6 is 0 Å². The van der Waals surface area contributed by atoms with Crippen LogP contribution in [0.2, 0.25) is 0 Å². The minimum absolute atomic E-state index is 0.0164. The van der Waals surface area contributed by atoms with Crippen LogP contribution in [-0.2, 0) is 10.0 Å². The summed E-state index contributed by atoms with van der Waals surface area (Å²) in [6, 6.07) is 22.5. The highest BCUT2D eigenvalue weighted by Crippen LogP contribution is 2.43. The third-order valence-corrected chi connectivity index (χ3v) is 10.1. The fourth-order valence-electron chi connectivity index (χ4n) is 6.04. The van der Waals surface area contributed by atoms with Crippen LogP contribution in [0.1, 0.15) is 41.0 Å². The molecule has 3 aromatic rings. The first-order valence-corrected chi connectivity index (χ1v) is 14.3. The summed E-state index contributed by atoms with van der Waals surface area (Å²) in [4.78, 5) is 2.72. The zero-order chi connectivity index (χ0) is 25.4. The van der Waals surface area contributed by atoms with E-state index in [9.17, 15) is 13.5 Å². The van der Waals surface area contributed by atoms with Gasteiger partial charge in [-0.1, -0.05) is 66.2 Å². The molecule has 36 heavy (non-hydrogen) atoms. The Kier molecular flexibility index (Phi) is 7.05. The number of sulfonamides is 1. The summed E-state index contributed by atoms with van der Waals surface area (Å²) in [5.74, 6) is 0.0929. The molecule has 0 spiro atoms. The Labute approximate surface area is 215 Å². The highest BCUT2D eigenvalue weighted by atomic mass is 32.2. The third-order valence-electron chi connectivity index (χ3n) is 8.04. The van der Waals surface area contributed by atoms with E-state index >= 15 is 0 Å². The van der Waals surface area contributed by atoms with E-state index in [1.165, 1.54) is 22.3 Å². The summed E-state index contributed by atoms with van der Waals surface area (Å²) in [7, 11) is -3.59. The molecular weight excluding hydrogens is 468 g/mol. The maximum Gasteiger partial charge on any atom is 0.243 e. The van der Waals surface area contributed by atoms with E-state index < -0.39 is 10.0 Å². The second-order valence-corrected chi connectivity index (χ2v) is 12.3. The van der Waals surface area contributed by atoms with Gasteiger partial charge < -0.3 is 5.11 Å². The van der Waals surface area contributed by atoms with Gasteiger partial charge in [-0.2, -0.15) is 4.31 Å². The molecule has 0 radical (unpaired) electrons. The lowest BCUT2D eigenvalue weighted by Gasteiger charge is -2.57. The predicted molar refractivity (Wildman–Crippen MR) is 145 cm³/mol. The highest BCUT2D eigenvalue weighted by molar-refractivity contribution is 7.89. The molecule has 1 N–H and O–H groups in total. The van der Waals surface area contributed by atoms with Gasteiger partial charge in [0.15, 0.2) is 0 Å². The van der Waals surface area contributed by atoms with Crippen LogP contribution in [0.4, 0.5) is 0 Å². The van der Waals surface area contributed by atoms with Crippen molar-refractivity contribution in [1.82, 2.24) is 9.21 Å². The monoisotopic (exact) mass is 504 g/mol. The first-order valence-electron chi connectivity index (χ1n) is 12.9. The Morgan fingerprint density at radius 1 is 0.889 bits per heavy atom. The summed E-state index contributed by atoms with van der Waals surface area (Å²) in [6.45, 7) is 8.04. The van der Waals surface area contributed by atoms with Crippen molar-refractivity contribution in [2.45, 2.75) is 56.5 Å². The third kappa shape index (κ3) is 4.52. The van der Waals surface area contributed by atoms with E-state index in [0.29, 0.717) is 18.0 Å². The van der Waals surface area contributed by atoms with Gasteiger partial charge in [-0.3, -0.25) is 4.90 Å². The van der Waals surface area contributed by atoms with Gasteiger partial charge in [-0.15, -0.1) is 0 Å². The summed E-state index contributed by atoms with van der Waals surface area (Å²) in [5, 5.41) is 10.3. The zero-order valence-electron chi connectivity index (χ0n) is 21.4. The summed E-state index contributed by atoms with van der Waals surface area (Å²) >= 11 is 0. The van der Waals surface area contributed by atoms with Gasteiger partial charge >= 0.3 is 0 Å². The van der Waals surface area contributed by atoms with Gasteiger partial charge in [-0.05, 0) is 74.0 Å². The summed E-state index contributed by atoms with van der Waals surface area (Å²) in [6.07, 6.45) is 1.74. The van der Waals surface area contributed by atoms with Gasteiger partial charge in [0, 0.05) is 31.1 Å². The number of hydrogen-bond acceptors (Lipinski definition) is 4. The van der Waals surface area contributed by atoms with E-state index in [1.54, 1.807) is 16.4 Å². The molecule has 0 bridgehead atoms. The lowest BCUT2D eigenvalue weighted by Crippen LogP contribution is -2.67. The molecule has 0 aromatic heterocycles. The Hall–Kier alpha value is -2.51. The molecule has 2 fully saturated rings. The number of aliphatic hydroxyl groups excluding tert-OH is 1. The maximum absolute atomic E-state index is 13.7. The molecule has 3 atom stereocenters. The largest absolute Gasteiger partial charge is 0.395 e. The van der Waals surface area contributed by atoms with Crippen LogP contribution in [0.3, 0.4) is 0 Å². The second kappa shape index (κ2) is 10.1. The van der Waals surface area contributed by atoms with Crippen molar-refractivity contribution in [2.24, 2.45) is 0 Å². The molecule has 2 heterocycles. The molecule has 2 saturated heterocycles. The first-order chi connectivity index (χ1) is 17.3. The number of benzene rings is 3. The maximum atomic E-state index is 13.7. The van der Waals surface area contributed by atoms with E-state index in [-0.39, 0.29) is 24.6 Å². The van der Waals surface area contributed by atoms with Crippen molar-refractivity contribution < 1.29 is 13.5 Å². The number of aliphatic hydroxyl groups is 1. The fourth-order valence-corrected chi connectivity index (χ4v) is 7.77. The minimum atomic E-state index is -3.59. The van der Waals surface area contributed by atoms with Gasteiger partial charge in [-0.25, -0.2) is 8.42 Å². The molecule has 2 aliphatic heterocycles. The number of hydrogen-bond donors (Lipinski definition) is 1. The minimum Gasteiger partial charge on any atom is -0.395 e. The quantitative estimate of drug-likeness (QED) is 0.537. The molecule has 0 amide bonds. The molecule has 5 nitrogen and oxygen atoms in total. The van der Waals surface area contributed by atoms with Gasteiger partial charge in [0.1, 0.15) is 0 Å². The standard InChI is InChI=1S/C30H36N2O3S/c1-21-10-11-22(2)26(18-21)24-12-14-25(15-13-24)30-27-19-31(16-6-7-17-32(27)28(30)20-33)36(34,35)29-9-5-4-8-23(29)3/h4-5,8-15,18,27-28,30,33H,6-7,16-17,19-20H2,1-3H3/t27-,28+,30?/m0/s1. The van der Waals surface area contributed by atoms with Crippen LogP contribution in [0.15, 0.2) is 71.6 Å². The van der Waals surface area contributed by atoms with Crippen molar-refractivity contribution in [2.75, 3.05) is 26.2 Å². The number of rotatable bonds is 5. The van der Waals surface area contributed by atoms with Crippen LogP contribution in [-0.4, -0.2) is 61.1 Å². The number of fused-ring (bicyclic) bond motifs is 1. The fraction of sp³-hybridized carbons (Fsp3) is 0.400. The number of aryl methyl sites for hydroxylation is 3. The molecule has 3 aromatic carbocycles. The molecule has 0 aliphatic carbocycles. The smallest absolute Gasteiger partial charge is 0.243 e. The van der Waals surface area contributed by atoms with Crippen LogP contribution < -0.4 is 0 Å². The molecular formula is C30H36N2O3S. The Bertz CT molecular complexity index is 1340. The van der Waals surface area contributed by atoms with Crippen LogP contribution in [0, 0.1) is 20.8 Å². The SMILES string of the molecule is Cc1ccc(C)c(-c2ccc(C3[C@@H](CO)N4CCCCN(S(=O)(=O)c5ccccc5C)C[C@@H]34)cc2)c1. The van der Waals surface area contributed by atoms with Crippen molar-refractivity contribution in [3.05, 3.63) is 89.0 Å². The Balaban J connectivity index is 1.44. The molecule has 190 valence electrons. The van der Waals surface area contributed by atoms with Gasteiger partial charge in [0.05, 0.1) is 11.5 Å². The van der Waals surface area contributed by atoms with Crippen molar-refractivity contribution in [3.63, 3.8) is 0 Å². The summed E-state index contributed by atoms with van der Waals surface area (Å²) in [5.41, 5.74) is 6.83. The Morgan fingerprint density at radius 2 is 1.61 bits per heavy atom. The lowest BCUT2D eigenvalue weighted by molar-refractivity contribution is -0.0553. The summed E-state index contributed by atoms with van der Waals surface area (Å²) < 4.78 is 29.0.